The molecule has 1 atom stereocenters. The van der Waals surface area contributed by atoms with Gasteiger partial charge >= 0.3 is 0 Å². The van der Waals surface area contributed by atoms with Gasteiger partial charge in [-0.25, -0.2) is 4.79 Å². The molecule has 0 aliphatic carbocycles. The van der Waals surface area contributed by atoms with Gasteiger partial charge in [0.1, 0.15) is 11.6 Å². The Kier molecular flexibility index (Phi) is 4.73. The average molecular weight is 277 g/mol. The van der Waals surface area contributed by atoms with Crippen molar-refractivity contribution in [1.29, 1.82) is 0 Å². The Labute approximate surface area is 121 Å². The summed E-state index contributed by atoms with van der Waals surface area (Å²) in [5.74, 6) is 2.06. The van der Waals surface area contributed by atoms with Crippen LogP contribution in [0.2, 0.25) is 0 Å². The van der Waals surface area contributed by atoms with Crippen molar-refractivity contribution in [3.05, 3.63) is 5.70 Å². The first kappa shape index (κ1) is 14.1. The molecule has 0 aromatic heterocycles. The molecule has 1 unspecified atom stereocenters. The smallest absolute Gasteiger partial charge is 0.149 e. The zero-order valence-corrected chi connectivity index (χ0v) is 12.2. The van der Waals surface area contributed by atoms with Crippen LogP contribution in [0.15, 0.2) is 5.70 Å². The topological polar surface area (TPSA) is 49.7 Å². The van der Waals surface area contributed by atoms with Gasteiger partial charge < -0.3 is 5.32 Å². The maximum Gasteiger partial charge on any atom is 0.149 e. The summed E-state index contributed by atoms with van der Waals surface area (Å²) >= 11 is 0. The van der Waals surface area contributed by atoms with Gasteiger partial charge in [0, 0.05) is 38.8 Å². The van der Waals surface area contributed by atoms with Crippen LogP contribution in [0.3, 0.4) is 0 Å². The lowest BCUT2D eigenvalue weighted by molar-refractivity contribution is 0.0604. The van der Waals surface area contributed by atoms with Crippen molar-refractivity contribution in [2.75, 3.05) is 45.8 Å². The second kappa shape index (κ2) is 6.72. The van der Waals surface area contributed by atoms with Crippen LogP contribution in [0.25, 0.3) is 0 Å². The van der Waals surface area contributed by atoms with Gasteiger partial charge in [0.25, 0.3) is 0 Å². The average Bonchev–Trinajstić information content (AvgIpc) is 2.56. The van der Waals surface area contributed by atoms with E-state index in [-0.39, 0.29) is 6.04 Å². The van der Waals surface area contributed by atoms with Crippen LogP contribution in [-0.4, -0.2) is 73.6 Å². The third kappa shape index (κ3) is 3.07. The molecule has 3 aliphatic heterocycles. The molecule has 3 saturated heterocycles. The Balaban J connectivity index is 1.53. The number of hydrogen-bond donors (Lipinski definition) is 1. The third-order valence-electron chi connectivity index (χ3n) is 4.95. The van der Waals surface area contributed by atoms with Crippen molar-refractivity contribution in [2.45, 2.75) is 37.8 Å². The summed E-state index contributed by atoms with van der Waals surface area (Å²) in [6.07, 6.45) is 4.72. The number of nitrogens with one attached hydrogen (secondary N) is 1. The maximum atomic E-state index is 11.0. The molecule has 5 nitrogen and oxygen atoms in total. The molecule has 0 aromatic carbocycles. The fraction of sp³-hybridized carbons (Fsp3) is 0.867. The van der Waals surface area contributed by atoms with E-state index in [1.165, 1.54) is 12.8 Å². The predicted molar refractivity (Wildman–Crippen MR) is 78.3 cm³/mol. The number of nitrogens with zero attached hydrogens (tertiary/aromatic N) is 3. The van der Waals surface area contributed by atoms with Crippen molar-refractivity contribution in [2.24, 2.45) is 0 Å². The molecule has 0 saturated carbocycles. The minimum atomic E-state index is 0.233. The molecule has 1 radical (unpaired) electrons. The SMILES string of the molecule is O=C=C1[N]CCCC1N1CCN(C2CCNCC2)CC1. The highest BCUT2D eigenvalue weighted by molar-refractivity contribution is 5.53. The molecule has 3 aliphatic rings. The van der Waals surface area contributed by atoms with Gasteiger partial charge in [-0.1, -0.05) is 0 Å². The van der Waals surface area contributed by atoms with Gasteiger partial charge in [-0.05, 0) is 38.8 Å². The molecule has 1 N–H and O–H groups in total. The van der Waals surface area contributed by atoms with Crippen molar-refractivity contribution >= 4 is 5.94 Å². The first-order valence-corrected chi connectivity index (χ1v) is 8.00. The Bertz CT molecular complexity index is 366. The van der Waals surface area contributed by atoms with Gasteiger partial charge in [0.2, 0.25) is 0 Å². The van der Waals surface area contributed by atoms with Crippen LogP contribution >= 0.6 is 0 Å². The lowest BCUT2D eigenvalue weighted by atomic mass is 10.00. The van der Waals surface area contributed by atoms with Crippen molar-refractivity contribution < 1.29 is 4.79 Å². The normalized spacial score (nSPS) is 30.8. The molecule has 111 valence electrons. The largest absolute Gasteiger partial charge is 0.317 e. The summed E-state index contributed by atoms with van der Waals surface area (Å²) in [7, 11) is 0. The molecule has 3 rings (SSSR count). The van der Waals surface area contributed by atoms with E-state index in [0.717, 1.165) is 64.7 Å². The minimum Gasteiger partial charge on any atom is -0.317 e. The lowest BCUT2D eigenvalue weighted by Gasteiger charge is -2.44. The van der Waals surface area contributed by atoms with Gasteiger partial charge in [0.05, 0.1) is 6.04 Å². The van der Waals surface area contributed by atoms with E-state index in [1.54, 1.807) is 0 Å². The molecule has 0 amide bonds. The van der Waals surface area contributed by atoms with E-state index in [4.69, 9.17) is 0 Å². The predicted octanol–water partition coefficient (Wildman–Crippen LogP) is -0.162. The quantitative estimate of drug-likeness (QED) is 0.713. The highest BCUT2D eigenvalue weighted by Gasteiger charge is 2.31. The van der Waals surface area contributed by atoms with Crippen LogP contribution in [0.4, 0.5) is 0 Å². The Morgan fingerprint density at radius 2 is 1.75 bits per heavy atom. The molecule has 3 heterocycles. The van der Waals surface area contributed by atoms with Crippen LogP contribution in [-0.2, 0) is 4.79 Å². The molecular formula is C15H25N4O. The summed E-state index contributed by atoms with van der Waals surface area (Å²) in [5, 5.41) is 7.77. The fourth-order valence-corrected chi connectivity index (χ4v) is 3.77. The first-order chi connectivity index (χ1) is 9.88. The van der Waals surface area contributed by atoms with E-state index in [1.807, 2.05) is 0 Å². The highest BCUT2D eigenvalue weighted by atomic mass is 16.1. The number of carbonyl (C=O) groups excluding carboxylic acids is 1. The fourth-order valence-electron chi connectivity index (χ4n) is 3.77. The molecule has 0 spiro atoms. The van der Waals surface area contributed by atoms with Gasteiger partial charge in [-0.3, -0.25) is 15.1 Å². The van der Waals surface area contributed by atoms with Crippen molar-refractivity contribution in [3.63, 3.8) is 0 Å². The second-order valence-electron chi connectivity index (χ2n) is 6.08. The summed E-state index contributed by atoms with van der Waals surface area (Å²) in [4.78, 5) is 16.1. The molecule has 3 fully saturated rings. The van der Waals surface area contributed by atoms with Crippen molar-refractivity contribution in [3.8, 4) is 0 Å². The Morgan fingerprint density at radius 3 is 2.45 bits per heavy atom. The van der Waals surface area contributed by atoms with Gasteiger partial charge in [0.15, 0.2) is 0 Å². The van der Waals surface area contributed by atoms with E-state index >= 15 is 0 Å². The van der Waals surface area contributed by atoms with E-state index < -0.39 is 0 Å². The zero-order chi connectivity index (χ0) is 13.8. The third-order valence-corrected chi connectivity index (χ3v) is 4.95. The van der Waals surface area contributed by atoms with Crippen molar-refractivity contribution in [1.82, 2.24) is 20.4 Å². The summed E-state index contributed by atoms with van der Waals surface area (Å²) in [5.41, 5.74) is 0.659. The monoisotopic (exact) mass is 277 g/mol. The Hall–Kier alpha value is -0.870. The minimum absolute atomic E-state index is 0.233. The summed E-state index contributed by atoms with van der Waals surface area (Å²) < 4.78 is 0. The maximum absolute atomic E-state index is 11.0. The first-order valence-electron chi connectivity index (χ1n) is 8.00. The van der Waals surface area contributed by atoms with E-state index in [9.17, 15) is 4.79 Å². The summed E-state index contributed by atoms with van der Waals surface area (Å²) in [6, 6.07) is 0.993. The summed E-state index contributed by atoms with van der Waals surface area (Å²) in [6.45, 7) is 7.51. The van der Waals surface area contributed by atoms with E-state index in [0.29, 0.717) is 5.70 Å². The van der Waals surface area contributed by atoms with Gasteiger partial charge in [-0.2, -0.15) is 0 Å². The molecule has 0 bridgehead atoms. The Morgan fingerprint density at radius 1 is 1.05 bits per heavy atom. The standard InChI is InChI=1S/C15H25N4O/c20-12-14-15(2-1-5-17-14)19-10-8-18(9-11-19)13-3-6-16-7-4-13/h13,15-16H,1-11H2. The number of piperazine rings is 1. The number of hydrogen-bond acceptors (Lipinski definition) is 4. The van der Waals surface area contributed by atoms with Crippen LogP contribution < -0.4 is 10.6 Å². The van der Waals surface area contributed by atoms with Crippen LogP contribution in [0.5, 0.6) is 0 Å². The number of piperidine rings is 2. The molecule has 0 aromatic rings. The lowest BCUT2D eigenvalue weighted by Crippen LogP contribution is -2.56. The zero-order valence-electron chi connectivity index (χ0n) is 12.2. The number of rotatable bonds is 2. The van der Waals surface area contributed by atoms with Crippen LogP contribution in [0, 0.1) is 0 Å². The van der Waals surface area contributed by atoms with Crippen LogP contribution in [0.1, 0.15) is 25.7 Å². The molecule has 5 heteroatoms. The molecule has 20 heavy (non-hydrogen) atoms. The second-order valence-corrected chi connectivity index (χ2v) is 6.08. The van der Waals surface area contributed by atoms with E-state index in [2.05, 4.69) is 26.4 Å². The highest BCUT2D eigenvalue weighted by Crippen LogP contribution is 2.21. The van der Waals surface area contributed by atoms with Gasteiger partial charge in [-0.15, -0.1) is 0 Å². The molecular weight excluding hydrogens is 252 g/mol.